The van der Waals surface area contributed by atoms with Crippen molar-refractivity contribution >= 4 is 82.4 Å². The summed E-state index contributed by atoms with van der Waals surface area (Å²) in [6, 6.07) is 97.8. The number of hydrogen-bond acceptors (Lipinski definition) is 2. The summed E-state index contributed by atoms with van der Waals surface area (Å²) in [6.45, 7) is 0. The van der Waals surface area contributed by atoms with Crippen molar-refractivity contribution in [3.63, 3.8) is 0 Å². The summed E-state index contributed by atoms with van der Waals surface area (Å²) in [5.41, 5.74) is 17.8. The lowest BCUT2D eigenvalue weighted by molar-refractivity contribution is 0.669. The summed E-state index contributed by atoms with van der Waals surface area (Å²) < 4.78 is 9.31. The maximum atomic E-state index is 6.89. The number of anilines is 3. The molecule has 14 aromatic rings. The molecule has 15 rings (SSSR count). The first-order valence-corrected chi connectivity index (χ1v) is 24.8. The minimum Gasteiger partial charge on any atom is -0.456 e. The molecule has 0 aliphatic heterocycles. The Morgan fingerprint density at radius 3 is 1.62 bits per heavy atom. The first-order chi connectivity index (χ1) is 35.7. The van der Waals surface area contributed by atoms with E-state index in [0.29, 0.717) is 0 Å². The average molecular weight is 917 g/mol. The van der Waals surface area contributed by atoms with Gasteiger partial charge in [-0.1, -0.05) is 194 Å². The van der Waals surface area contributed by atoms with E-state index in [0.717, 1.165) is 61.1 Å². The van der Waals surface area contributed by atoms with Crippen molar-refractivity contribution < 1.29 is 4.42 Å². The first-order valence-electron chi connectivity index (χ1n) is 24.8. The lowest BCUT2D eigenvalue weighted by Gasteiger charge is -2.34. The Bertz CT molecular complexity index is 4390. The Hall–Kier alpha value is -9.44. The van der Waals surface area contributed by atoms with Crippen LogP contribution in [0.4, 0.5) is 17.1 Å². The number of fused-ring (bicyclic) bond motifs is 12. The number of aromatic nitrogens is 1. The van der Waals surface area contributed by atoms with Crippen LogP contribution in [0.15, 0.2) is 271 Å². The van der Waals surface area contributed by atoms with Gasteiger partial charge < -0.3 is 13.9 Å². The van der Waals surface area contributed by atoms with E-state index in [2.05, 4.69) is 276 Å². The van der Waals surface area contributed by atoms with Crippen molar-refractivity contribution in [1.29, 1.82) is 0 Å². The van der Waals surface area contributed by atoms with E-state index in [4.69, 9.17) is 4.42 Å². The van der Waals surface area contributed by atoms with Crippen LogP contribution in [0.5, 0.6) is 0 Å². The normalized spacial score (nSPS) is 12.8. The Morgan fingerprint density at radius 1 is 0.333 bits per heavy atom. The molecule has 3 heteroatoms. The van der Waals surface area contributed by atoms with Crippen molar-refractivity contribution in [2.24, 2.45) is 0 Å². The van der Waals surface area contributed by atoms with Crippen molar-refractivity contribution in [3.8, 4) is 27.9 Å². The second-order valence-electron chi connectivity index (χ2n) is 19.1. The van der Waals surface area contributed by atoms with Gasteiger partial charge in [-0.15, -0.1) is 0 Å². The second-order valence-corrected chi connectivity index (χ2v) is 19.1. The van der Waals surface area contributed by atoms with Crippen LogP contribution in [0, 0.1) is 0 Å². The summed E-state index contributed by atoms with van der Waals surface area (Å²) in [6.07, 6.45) is 0. The molecule has 0 unspecified atom stereocenters. The SMILES string of the molecule is c1ccc(N(c2ccc(C3(c4ccccc4)c4ccccc4-c4ccccc43)cc2)c2ccc3c(c2)c2c(-c4cc5ccccc5c5ccccc45)c4c(cc2n3-c2ccccc2)oc2ccccc24)cc1. The Labute approximate surface area is 416 Å². The van der Waals surface area contributed by atoms with Crippen molar-refractivity contribution in [2.75, 3.05) is 4.90 Å². The molecule has 3 nitrogen and oxygen atoms in total. The van der Waals surface area contributed by atoms with Crippen molar-refractivity contribution in [1.82, 2.24) is 4.57 Å². The maximum Gasteiger partial charge on any atom is 0.138 e. The molecule has 1 aliphatic carbocycles. The zero-order valence-corrected chi connectivity index (χ0v) is 39.2. The molecule has 0 saturated carbocycles. The van der Waals surface area contributed by atoms with Gasteiger partial charge in [-0.2, -0.15) is 0 Å². The number of benzene rings is 12. The molecule has 0 amide bonds. The summed E-state index contributed by atoms with van der Waals surface area (Å²) in [5, 5.41) is 9.44. The third kappa shape index (κ3) is 5.79. The topological polar surface area (TPSA) is 21.3 Å². The van der Waals surface area contributed by atoms with Gasteiger partial charge in [0.25, 0.3) is 0 Å². The minimum atomic E-state index is -0.491. The van der Waals surface area contributed by atoms with Gasteiger partial charge in [0.05, 0.1) is 16.4 Å². The van der Waals surface area contributed by atoms with Crippen LogP contribution in [0.2, 0.25) is 0 Å². The molecule has 336 valence electrons. The first kappa shape index (κ1) is 40.4. The second kappa shape index (κ2) is 15.8. The molecule has 0 fully saturated rings. The van der Waals surface area contributed by atoms with E-state index in [-0.39, 0.29) is 0 Å². The fourth-order valence-corrected chi connectivity index (χ4v) is 12.5. The van der Waals surface area contributed by atoms with E-state index in [9.17, 15) is 0 Å². The highest BCUT2D eigenvalue weighted by Gasteiger charge is 2.45. The number of nitrogens with zero attached hydrogens (tertiary/aromatic N) is 2. The smallest absolute Gasteiger partial charge is 0.138 e. The van der Waals surface area contributed by atoms with Gasteiger partial charge in [-0.25, -0.2) is 0 Å². The summed E-state index contributed by atoms with van der Waals surface area (Å²) >= 11 is 0. The minimum absolute atomic E-state index is 0.491. The van der Waals surface area contributed by atoms with Crippen LogP contribution >= 0.6 is 0 Å². The number of hydrogen-bond donors (Lipinski definition) is 0. The van der Waals surface area contributed by atoms with E-state index in [1.165, 1.54) is 71.4 Å². The van der Waals surface area contributed by atoms with Crippen molar-refractivity contribution in [2.45, 2.75) is 5.41 Å². The zero-order valence-electron chi connectivity index (χ0n) is 39.2. The van der Waals surface area contributed by atoms with Crippen LogP contribution in [-0.2, 0) is 5.41 Å². The third-order valence-corrected chi connectivity index (χ3v) is 15.4. The van der Waals surface area contributed by atoms with Gasteiger partial charge in [-0.05, 0) is 127 Å². The van der Waals surface area contributed by atoms with E-state index in [1.54, 1.807) is 0 Å². The predicted octanol–water partition coefficient (Wildman–Crippen LogP) is 18.5. The van der Waals surface area contributed by atoms with Crippen molar-refractivity contribution in [3.05, 3.63) is 289 Å². The molecule has 72 heavy (non-hydrogen) atoms. The van der Waals surface area contributed by atoms with Gasteiger partial charge >= 0.3 is 0 Å². The van der Waals surface area contributed by atoms with Gasteiger partial charge in [0, 0.05) is 55.9 Å². The standard InChI is InChI=1S/C69H44N2O/c1-4-21-46(22-5-1)69(60-33-17-14-30-55(60)56-31-15-18-34-61(56)69)47-36-38-50(39-37-47)70(48-23-6-2-7-24-48)51-40-41-62-59(43-51)66-63(71(62)49-25-8-3-9-26-49)44-65-67(57-32-16-19-35-64(57)72-65)68(66)58-42-45-20-10-11-27-52(45)53-28-12-13-29-54(53)58/h1-44H. The summed E-state index contributed by atoms with van der Waals surface area (Å²) in [5.74, 6) is 0. The van der Waals surface area contributed by atoms with Crippen LogP contribution in [-0.4, -0.2) is 4.57 Å². The number of rotatable bonds is 7. The Morgan fingerprint density at radius 2 is 0.889 bits per heavy atom. The van der Waals surface area contributed by atoms with Crippen LogP contribution in [0.1, 0.15) is 22.3 Å². The molecule has 2 heterocycles. The zero-order chi connectivity index (χ0) is 47.3. The molecule has 1 aliphatic rings. The molecule has 0 spiro atoms. The molecule has 12 aromatic carbocycles. The molecule has 0 saturated heterocycles. The largest absolute Gasteiger partial charge is 0.456 e. The molecular formula is C69H44N2O. The highest BCUT2D eigenvalue weighted by molar-refractivity contribution is 6.30. The van der Waals surface area contributed by atoms with Crippen LogP contribution in [0.3, 0.4) is 0 Å². The van der Waals surface area contributed by atoms with E-state index < -0.39 is 5.41 Å². The average Bonchev–Trinajstić information content (AvgIpc) is 4.10. The summed E-state index contributed by atoms with van der Waals surface area (Å²) in [7, 11) is 0. The molecule has 2 aromatic heterocycles. The number of para-hydroxylation sites is 3. The van der Waals surface area contributed by atoms with E-state index in [1.807, 2.05) is 0 Å². The molecule has 0 bridgehead atoms. The fourth-order valence-electron chi connectivity index (χ4n) is 12.5. The highest BCUT2D eigenvalue weighted by atomic mass is 16.3. The third-order valence-electron chi connectivity index (χ3n) is 15.4. The Balaban J connectivity index is 1.02. The fraction of sp³-hybridized carbons (Fsp3) is 0.0145. The lowest BCUT2D eigenvalue weighted by Crippen LogP contribution is -2.28. The van der Waals surface area contributed by atoms with Crippen LogP contribution < -0.4 is 4.90 Å². The lowest BCUT2D eigenvalue weighted by atomic mass is 9.68. The molecule has 0 N–H and O–H groups in total. The monoisotopic (exact) mass is 916 g/mol. The molecular weight excluding hydrogens is 873 g/mol. The number of furan rings is 1. The van der Waals surface area contributed by atoms with E-state index >= 15 is 0 Å². The van der Waals surface area contributed by atoms with Gasteiger partial charge in [-0.3, -0.25) is 0 Å². The van der Waals surface area contributed by atoms with Gasteiger partial charge in [0.15, 0.2) is 0 Å². The Kier molecular flexibility index (Phi) is 8.87. The highest BCUT2D eigenvalue weighted by Crippen LogP contribution is 2.57. The van der Waals surface area contributed by atoms with Gasteiger partial charge in [0.1, 0.15) is 11.2 Å². The predicted molar refractivity (Wildman–Crippen MR) is 300 cm³/mol. The summed E-state index contributed by atoms with van der Waals surface area (Å²) in [4.78, 5) is 2.41. The quantitative estimate of drug-likeness (QED) is 0.149. The van der Waals surface area contributed by atoms with Crippen LogP contribution in [0.25, 0.3) is 93.2 Å². The maximum absolute atomic E-state index is 6.89. The molecule has 0 atom stereocenters. The molecule has 0 radical (unpaired) electrons. The van der Waals surface area contributed by atoms with Gasteiger partial charge in [0.2, 0.25) is 0 Å².